The lowest BCUT2D eigenvalue weighted by atomic mass is 10.3. The summed E-state index contributed by atoms with van der Waals surface area (Å²) in [7, 11) is 0. The number of benzene rings is 1. The highest BCUT2D eigenvalue weighted by Gasteiger charge is 2.06. The molecule has 0 radical (unpaired) electrons. The highest BCUT2D eigenvalue weighted by Crippen LogP contribution is 2.15. The predicted octanol–water partition coefficient (Wildman–Crippen LogP) is 3.82. The van der Waals surface area contributed by atoms with E-state index in [9.17, 15) is 8.78 Å². The molecule has 0 bridgehead atoms. The van der Waals surface area contributed by atoms with Crippen molar-refractivity contribution in [2.75, 3.05) is 10.6 Å². The fourth-order valence-electron chi connectivity index (χ4n) is 1.31. The molecule has 0 aliphatic carbocycles. The van der Waals surface area contributed by atoms with Gasteiger partial charge in [-0.2, -0.15) is 0 Å². The van der Waals surface area contributed by atoms with Crippen molar-refractivity contribution in [3.8, 4) is 0 Å². The van der Waals surface area contributed by atoms with Crippen molar-refractivity contribution in [1.82, 2.24) is 4.98 Å². The van der Waals surface area contributed by atoms with Crippen molar-refractivity contribution in [2.24, 2.45) is 0 Å². The van der Waals surface area contributed by atoms with E-state index in [2.05, 4.69) is 15.6 Å². The van der Waals surface area contributed by atoms with Gasteiger partial charge < -0.3 is 10.6 Å². The second kappa shape index (κ2) is 5.90. The van der Waals surface area contributed by atoms with Crippen LogP contribution in [-0.2, 0) is 0 Å². The Morgan fingerprint density at radius 2 is 1.95 bits per heavy atom. The highest BCUT2D eigenvalue weighted by atomic mass is 35.5. The van der Waals surface area contributed by atoms with Gasteiger partial charge in [0, 0.05) is 12.3 Å². The molecule has 3 nitrogen and oxygen atoms in total. The molecule has 0 amide bonds. The Kier molecular flexibility index (Phi) is 4.24. The van der Waals surface area contributed by atoms with Gasteiger partial charge in [-0.1, -0.05) is 11.6 Å². The van der Waals surface area contributed by atoms with Crippen LogP contribution in [0.2, 0.25) is 5.02 Å². The molecule has 2 rings (SSSR count). The molecule has 19 heavy (non-hydrogen) atoms. The topological polar surface area (TPSA) is 37.0 Å². The molecule has 0 aliphatic heterocycles. The summed E-state index contributed by atoms with van der Waals surface area (Å²) < 4.78 is 26.1. The van der Waals surface area contributed by atoms with Crippen molar-refractivity contribution in [3.05, 3.63) is 53.2 Å². The molecule has 0 atom stereocenters. The Morgan fingerprint density at radius 1 is 1.16 bits per heavy atom. The molecule has 0 saturated heterocycles. The largest absolute Gasteiger partial charge is 0.330 e. The van der Waals surface area contributed by atoms with Gasteiger partial charge in [0.15, 0.2) is 5.11 Å². The van der Waals surface area contributed by atoms with Crippen LogP contribution in [0.15, 0.2) is 36.5 Å². The Bertz CT molecular complexity index is 604. The van der Waals surface area contributed by atoms with Gasteiger partial charge in [0.1, 0.15) is 17.5 Å². The molecule has 1 aromatic heterocycles. The first-order valence-corrected chi connectivity index (χ1v) is 5.98. The van der Waals surface area contributed by atoms with Crippen LogP contribution in [0.3, 0.4) is 0 Å². The fourth-order valence-corrected chi connectivity index (χ4v) is 1.64. The Labute approximate surface area is 118 Å². The molecule has 98 valence electrons. The molecular weight excluding hydrogens is 292 g/mol. The normalized spacial score (nSPS) is 10.1. The minimum atomic E-state index is -0.729. The van der Waals surface area contributed by atoms with E-state index in [1.54, 1.807) is 12.1 Å². The first-order valence-electron chi connectivity index (χ1n) is 5.19. The van der Waals surface area contributed by atoms with Crippen LogP contribution in [0.25, 0.3) is 0 Å². The number of halogens is 3. The van der Waals surface area contributed by atoms with E-state index >= 15 is 0 Å². The van der Waals surface area contributed by atoms with E-state index in [-0.39, 0.29) is 10.8 Å². The van der Waals surface area contributed by atoms with Crippen LogP contribution in [0.1, 0.15) is 0 Å². The fraction of sp³-hybridized carbons (Fsp3) is 0. The second-order valence-corrected chi connectivity index (χ2v) is 4.41. The van der Waals surface area contributed by atoms with Crippen molar-refractivity contribution < 1.29 is 8.78 Å². The quantitative estimate of drug-likeness (QED) is 0.827. The predicted molar refractivity (Wildman–Crippen MR) is 75.4 cm³/mol. The van der Waals surface area contributed by atoms with Crippen molar-refractivity contribution in [1.29, 1.82) is 0 Å². The lowest BCUT2D eigenvalue weighted by molar-refractivity contribution is 0.586. The molecule has 2 N–H and O–H groups in total. The summed E-state index contributed by atoms with van der Waals surface area (Å²) in [6, 6.07) is 6.42. The number of hydrogen-bond acceptors (Lipinski definition) is 2. The molecule has 0 unspecified atom stereocenters. The summed E-state index contributed by atoms with van der Waals surface area (Å²) in [5, 5.41) is 5.99. The molecule has 0 fully saturated rings. The Hall–Kier alpha value is -1.79. The van der Waals surface area contributed by atoms with Crippen molar-refractivity contribution >= 4 is 40.4 Å². The maximum atomic E-state index is 13.4. The van der Waals surface area contributed by atoms with Gasteiger partial charge >= 0.3 is 0 Å². The number of thiocarbonyl (C=S) groups is 1. The molecule has 0 aliphatic rings. The Balaban J connectivity index is 2.03. The SMILES string of the molecule is Fc1ccc(NC(=S)Nc2ccc(Cl)cn2)c(F)c1. The van der Waals surface area contributed by atoms with Gasteiger partial charge in [-0.3, -0.25) is 0 Å². The number of nitrogens with one attached hydrogen (secondary N) is 2. The first kappa shape index (κ1) is 13.6. The Morgan fingerprint density at radius 3 is 2.58 bits per heavy atom. The number of rotatable bonds is 2. The van der Waals surface area contributed by atoms with Crippen LogP contribution in [-0.4, -0.2) is 10.1 Å². The summed E-state index contributed by atoms with van der Waals surface area (Å²) in [5.41, 5.74) is 0.0767. The van der Waals surface area contributed by atoms with Crippen LogP contribution < -0.4 is 10.6 Å². The molecule has 0 spiro atoms. The van der Waals surface area contributed by atoms with Gasteiger partial charge in [-0.15, -0.1) is 0 Å². The zero-order valence-electron chi connectivity index (χ0n) is 9.45. The number of pyridine rings is 1. The first-order chi connectivity index (χ1) is 9.04. The van der Waals surface area contributed by atoms with Gasteiger partial charge in [0.05, 0.1) is 10.7 Å². The van der Waals surface area contributed by atoms with E-state index < -0.39 is 11.6 Å². The minimum absolute atomic E-state index is 0.0767. The van der Waals surface area contributed by atoms with Gasteiger partial charge in [-0.05, 0) is 36.5 Å². The smallest absolute Gasteiger partial charge is 0.176 e. The summed E-state index contributed by atoms with van der Waals surface area (Å²) in [6.07, 6.45) is 1.45. The maximum absolute atomic E-state index is 13.4. The van der Waals surface area contributed by atoms with E-state index in [4.69, 9.17) is 23.8 Å². The molecular formula is C12H8ClF2N3S. The highest BCUT2D eigenvalue weighted by molar-refractivity contribution is 7.80. The average molecular weight is 300 g/mol. The van der Waals surface area contributed by atoms with Gasteiger partial charge in [0.25, 0.3) is 0 Å². The third kappa shape index (κ3) is 3.84. The molecule has 1 aromatic carbocycles. The summed E-state index contributed by atoms with van der Waals surface area (Å²) in [6.45, 7) is 0. The van der Waals surface area contributed by atoms with Crippen molar-refractivity contribution in [2.45, 2.75) is 0 Å². The lowest BCUT2D eigenvalue weighted by Crippen LogP contribution is -2.20. The number of nitrogens with zero attached hydrogens (tertiary/aromatic N) is 1. The molecule has 0 saturated carbocycles. The van der Waals surface area contributed by atoms with Gasteiger partial charge in [-0.25, -0.2) is 13.8 Å². The summed E-state index contributed by atoms with van der Waals surface area (Å²) in [4.78, 5) is 3.97. The van der Waals surface area contributed by atoms with E-state index in [1.165, 1.54) is 12.3 Å². The van der Waals surface area contributed by atoms with Gasteiger partial charge in [0.2, 0.25) is 0 Å². The number of aromatic nitrogens is 1. The van der Waals surface area contributed by atoms with E-state index in [0.29, 0.717) is 10.8 Å². The third-order valence-electron chi connectivity index (χ3n) is 2.15. The van der Waals surface area contributed by atoms with Crippen molar-refractivity contribution in [3.63, 3.8) is 0 Å². The summed E-state index contributed by atoms with van der Waals surface area (Å²) >= 11 is 10.7. The van der Waals surface area contributed by atoms with E-state index in [1.807, 2.05) is 0 Å². The molecule has 1 heterocycles. The minimum Gasteiger partial charge on any atom is -0.330 e. The lowest BCUT2D eigenvalue weighted by Gasteiger charge is -2.10. The van der Waals surface area contributed by atoms with Crippen LogP contribution >= 0.6 is 23.8 Å². The zero-order valence-corrected chi connectivity index (χ0v) is 11.0. The third-order valence-corrected chi connectivity index (χ3v) is 2.58. The second-order valence-electron chi connectivity index (χ2n) is 3.56. The maximum Gasteiger partial charge on any atom is 0.176 e. The number of anilines is 2. The monoisotopic (exact) mass is 299 g/mol. The standard InChI is InChI=1S/C12H8ClF2N3S/c13-7-1-4-11(16-6-7)18-12(19)17-10-3-2-8(14)5-9(10)15/h1-6H,(H2,16,17,18,19). The van der Waals surface area contributed by atoms with Crippen LogP contribution in [0.4, 0.5) is 20.3 Å². The zero-order chi connectivity index (χ0) is 13.8. The molecule has 7 heteroatoms. The number of hydrogen-bond donors (Lipinski definition) is 2. The average Bonchev–Trinajstić information content (AvgIpc) is 2.36. The summed E-state index contributed by atoms with van der Waals surface area (Å²) in [5.74, 6) is -0.918. The molecule has 2 aromatic rings. The van der Waals surface area contributed by atoms with E-state index in [0.717, 1.165) is 12.1 Å². The van der Waals surface area contributed by atoms with Crippen LogP contribution in [0, 0.1) is 11.6 Å². The van der Waals surface area contributed by atoms with Crippen LogP contribution in [0.5, 0.6) is 0 Å².